The van der Waals surface area contributed by atoms with E-state index in [0.717, 1.165) is 17.1 Å². The number of rotatable bonds is 6. The predicted molar refractivity (Wildman–Crippen MR) is 315 cm³/mol. The molecule has 0 unspecified atom stereocenters. The molecule has 9 aromatic carbocycles. The summed E-state index contributed by atoms with van der Waals surface area (Å²) in [5.74, 6) is 0. The van der Waals surface area contributed by atoms with Crippen molar-refractivity contribution in [1.29, 1.82) is 0 Å². The van der Waals surface area contributed by atoms with Crippen LogP contribution in [0, 0.1) is 0 Å². The Hall–Kier alpha value is -7.22. The highest BCUT2D eigenvalue weighted by Gasteiger charge is 2.48. The number of anilines is 3. The molecule has 0 radical (unpaired) electrons. The Bertz CT molecular complexity index is 3560. The van der Waals surface area contributed by atoms with Crippen LogP contribution in [-0.4, -0.2) is 0 Å². The zero-order chi connectivity index (χ0) is 51.9. The Morgan fingerprint density at radius 3 is 1.23 bits per heavy atom. The van der Waals surface area contributed by atoms with Gasteiger partial charge in [0.1, 0.15) is 0 Å². The van der Waals surface area contributed by atoms with Crippen LogP contribution in [0.1, 0.15) is 151 Å². The van der Waals surface area contributed by atoms with Gasteiger partial charge in [-0.1, -0.05) is 242 Å². The average Bonchev–Trinajstić information content (AvgIpc) is 3.93. The van der Waals surface area contributed by atoms with Gasteiger partial charge in [-0.3, -0.25) is 0 Å². The van der Waals surface area contributed by atoms with E-state index in [2.05, 4.69) is 289 Å². The van der Waals surface area contributed by atoms with Crippen LogP contribution >= 0.6 is 0 Å². The molecule has 0 heterocycles. The van der Waals surface area contributed by atoms with Crippen molar-refractivity contribution < 1.29 is 0 Å². The third-order valence-corrected chi connectivity index (χ3v) is 17.4. The van der Waals surface area contributed by atoms with Crippen molar-refractivity contribution in [2.24, 2.45) is 0 Å². The van der Waals surface area contributed by atoms with Gasteiger partial charge in [0.15, 0.2) is 0 Å². The molecule has 3 aliphatic carbocycles. The molecule has 1 heteroatoms. The minimum atomic E-state index is -0.565. The van der Waals surface area contributed by atoms with Crippen LogP contribution in [0.5, 0.6) is 0 Å². The Kier molecular flexibility index (Phi) is 10.6. The molecule has 0 atom stereocenters. The van der Waals surface area contributed by atoms with Gasteiger partial charge in [-0.15, -0.1) is 0 Å². The third kappa shape index (κ3) is 7.16. The first-order chi connectivity index (χ1) is 35.1. The topological polar surface area (TPSA) is 3.24 Å². The summed E-state index contributed by atoms with van der Waals surface area (Å²) in [5.41, 5.74) is 27.4. The lowest BCUT2D eigenvalue weighted by atomic mass is 9.66. The predicted octanol–water partition coefficient (Wildman–Crippen LogP) is 19.7. The van der Waals surface area contributed by atoms with Gasteiger partial charge in [0.25, 0.3) is 0 Å². The minimum Gasteiger partial charge on any atom is -0.310 e. The second-order valence-electron chi connectivity index (χ2n) is 25.8. The Balaban J connectivity index is 1.17. The van der Waals surface area contributed by atoms with Crippen LogP contribution in [0.4, 0.5) is 17.1 Å². The van der Waals surface area contributed by atoms with Crippen molar-refractivity contribution in [1.82, 2.24) is 0 Å². The Morgan fingerprint density at radius 1 is 0.297 bits per heavy atom. The van der Waals surface area contributed by atoms with E-state index >= 15 is 0 Å². The molecule has 74 heavy (non-hydrogen) atoms. The fourth-order valence-corrected chi connectivity index (χ4v) is 13.2. The fourth-order valence-electron chi connectivity index (χ4n) is 13.2. The summed E-state index contributed by atoms with van der Waals surface area (Å²) in [7, 11) is 0. The molecule has 0 aliphatic heterocycles. The summed E-state index contributed by atoms with van der Waals surface area (Å²) < 4.78 is 0. The Morgan fingerprint density at radius 2 is 0.730 bits per heavy atom. The van der Waals surface area contributed by atoms with Crippen molar-refractivity contribution in [3.63, 3.8) is 0 Å². The van der Waals surface area contributed by atoms with E-state index in [4.69, 9.17) is 0 Å². The van der Waals surface area contributed by atoms with Gasteiger partial charge >= 0.3 is 0 Å². The van der Waals surface area contributed by atoms with Gasteiger partial charge in [0.05, 0.1) is 5.41 Å². The maximum atomic E-state index is 2.58. The average molecular weight is 962 g/mol. The van der Waals surface area contributed by atoms with E-state index in [1.54, 1.807) is 0 Å². The van der Waals surface area contributed by atoms with E-state index < -0.39 is 5.41 Å². The zero-order valence-corrected chi connectivity index (χ0v) is 45.9. The highest BCUT2D eigenvalue weighted by molar-refractivity contribution is 5.98. The van der Waals surface area contributed by atoms with E-state index in [0.29, 0.717) is 0 Å². The van der Waals surface area contributed by atoms with Crippen LogP contribution in [0.15, 0.2) is 194 Å². The smallest absolute Gasteiger partial charge is 0.0713 e. The highest BCUT2D eigenvalue weighted by atomic mass is 15.1. The molecule has 9 aromatic rings. The summed E-state index contributed by atoms with van der Waals surface area (Å²) in [6, 6.07) is 75.3. The van der Waals surface area contributed by atoms with E-state index in [9.17, 15) is 0 Å². The van der Waals surface area contributed by atoms with E-state index in [1.807, 2.05) is 0 Å². The van der Waals surface area contributed by atoms with E-state index in [1.165, 1.54) is 106 Å². The molecule has 0 saturated heterocycles. The first-order valence-corrected chi connectivity index (χ1v) is 27.0. The first-order valence-electron chi connectivity index (χ1n) is 27.0. The van der Waals surface area contributed by atoms with Crippen LogP contribution in [-0.2, 0) is 32.5 Å². The lowest BCUT2D eigenvalue weighted by Crippen LogP contribution is -2.29. The fraction of sp³-hybridized carbons (Fsp3) is 0.260. The van der Waals surface area contributed by atoms with E-state index in [-0.39, 0.29) is 27.1 Å². The number of benzene rings is 9. The summed E-state index contributed by atoms with van der Waals surface area (Å²) in [5, 5.41) is 0. The normalized spacial score (nSPS) is 15.4. The van der Waals surface area contributed by atoms with Gasteiger partial charge in [-0.05, 0) is 164 Å². The number of hydrogen-bond acceptors (Lipinski definition) is 1. The summed E-state index contributed by atoms with van der Waals surface area (Å²) in [4.78, 5) is 2.58. The molecular formula is C73H71N. The first kappa shape index (κ1) is 47.8. The van der Waals surface area contributed by atoms with Crippen molar-refractivity contribution in [3.8, 4) is 44.5 Å². The number of hydrogen-bond donors (Lipinski definition) is 0. The molecule has 3 aliphatic rings. The molecule has 0 aromatic heterocycles. The summed E-state index contributed by atoms with van der Waals surface area (Å²) in [6.45, 7) is 30.9. The standard InChI is InChI=1S/C73H71N/c1-68(2,3)49-32-35-59-65(42-49)73(47-24-16-14-17-25-47,48-26-18-15-19-27-48)66-43-51(70(7,8)9)41-60(67(59)66)46-38-50(69(4,5)6)40-54(39-46)74(52-33-36-57-55-28-20-22-30-61(55)71(10,11)63(57)44-52)53-34-37-58-56-29-21-23-31-62(56)72(12,13)64(58)45-53/h14-45H,1-13H3. The van der Waals surface area contributed by atoms with Gasteiger partial charge in [-0.25, -0.2) is 0 Å². The molecular weight excluding hydrogens is 891 g/mol. The SMILES string of the molecule is CC(C)(C)c1cc(-c2cc(C(C)(C)C)cc3c2-c2ccc(C(C)(C)C)cc2C3(c2ccccc2)c2ccccc2)cc(N(c2ccc3c(c2)C(C)(C)c2ccccc2-3)c2ccc3c(c2)C(C)(C)c2ccccc2-3)c1. The lowest BCUT2D eigenvalue weighted by Gasteiger charge is -2.36. The zero-order valence-electron chi connectivity index (χ0n) is 45.9. The maximum absolute atomic E-state index is 2.58. The molecule has 0 spiro atoms. The number of nitrogens with zero attached hydrogens (tertiary/aromatic N) is 1. The molecule has 12 rings (SSSR count). The van der Waals surface area contributed by atoms with Crippen molar-refractivity contribution >= 4 is 17.1 Å². The highest BCUT2D eigenvalue weighted by Crippen LogP contribution is 2.61. The van der Waals surface area contributed by atoms with Gasteiger partial charge in [0.2, 0.25) is 0 Å². The molecule has 368 valence electrons. The van der Waals surface area contributed by atoms with Crippen molar-refractivity contribution in [2.75, 3.05) is 4.90 Å². The second kappa shape index (κ2) is 16.4. The summed E-state index contributed by atoms with van der Waals surface area (Å²) in [6.07, 6.45) is 0. The Labute approximate surface area is 442 Å². The molecule has 0 amide bonds. The van der Waals surface area contributed by atoms with Crippen LogP contribution in [0.3, 0.4) is 0 Å². The summed E-state index contributed by atoms with van der Waals surface area (Å²) >= 11 is 0. The van der Waals surface area contributed by atoms with Crippen LogP contribution < -0.4 is 4.90 Å². The van der Waals surface area contributed by atoms with Crippen LogP contribution in [0.2, 0.25) is 0 Å². The quantitative estimate of drug-likeness (QED) is 0.161. The molecule has 0 N–H and O–H groups in total. The molecule has 0 fully saturated rings. The lowest BCUT2D eigenvalue weighted by molar-refractivity contribution is 0.586. The van der Waals surface area contributed by atoms with Gasteiger partial charge < -0.3 is 4.90 Å². The molecule has 0 saturated carbocycles. The molecule has 1 nitrogen and oxygen atoms in total. The monoisotopic (exact) mass is 962 g/mol. The number of fused-ring (bicyclic) bond motifs is 9. The van der Waals surface area contributed by atoms with Gasteiger partial charge in [0, 0.05) is 27.9 Å². The second-order valence-corrected chi connectivity index (χ2v) is 25.8. The van der Waals surface area contributed by atoms with Crippen LogP contribution in [0.25, 0.3) is 44.5 Å². The molecule has 0 bridgehead atoms. The third-order valence-electron chi connectivity index (χ3n) is 17.4. The van der Waals surface area contributed by atoms with Crippen molar-refractivity contribution in [2.45, 2.75) is 122 Å². The maximum Gasteiger partial charge on any atom is 0.0713 e. The van der Waals surface area contributed by atoms with Crippen molar-refractivity contribution in [3.05, 3.63) is 255 Å². The largest absolute Gasteiger partial charge is 0.310 e. The van der Waals surface area contributed by atoms with Gasteiger partial charge in [-0.2, -0.15) is 0 Å². The minimum absolute atomic E-state index is 0.0488.